The van der Waals surface area contributed by atoms with Crippen molar-refractivity contribution in [3.8, 4) is 0 Å². The lowest BCUT2D eigenvalue weighted by Gasteiger charge is -2.20. The second kappa shape index (κ2) is 8.40. The van der Waals surface area contributed by atoms with E-state index in [9.17, 15) is 13.2 Å². The molecule has 0 amide bonds. The van der Waals surface area contributed by atoms with Gasteiger partial charge in [-0.15, -0.1) is 0 Å². The predicted molar refractivity (Wildman–Crippen MR) is 62.7 cm³/mol. The molecule has 7 nitrogen and oxygen atoms in total. The van der Waals surface area contributed by atoms with Crippen LogP contribution in [0.3, 0.4) is 0 Å². The van der Waals surface area contributed by atoms with Crippen LogP contribution in [0.4, 0.5) is 0 Å². The van der Waals surface area contributed by atoms with Crippen LogP contribution in [-0.2, 0) is 24.5 Å². The average Bonchev–Trinajstić information content (AvgIpc) is 2.29. The summed E-state index contributed by atoms with van der Waals surface area (Å²) in [6.45, 7) is 2.60. The zero-order valence-corrected chi connectivity index (χ0v) is 11.2. The van der Waals surface area contributed by atoms with Crippen molar-refractivity contribution in [1.82, 2.24) is 9.03 Å². The molecule has 17 heavy (non-hydrogen) atoms. The van der Waals surface area contributed by atoms with Gasteiger partial charge in [-0.25, -0.2) is 0 Å². The molecular weight excluding hydrogens is 248 g/mol. The highest BCUT2D eigenvalue weighted by Gasteiger charge is 2.20. The summed E-state index contributed by atoms with van der Waals surface area (Å²) in [4.78, 5) is 10.9. The summed E-state index contributed by atoms with van der Waals surface area (Å²) >= 11 is 0. The van der Waals surface area contributed by atoms with Gasteiger partial charge in [0.15, 0.2) is 0 Å². The van der Waals surface area contributed by atoms with Crippen molar-refractivity contribution >= 4 is 16.2 Å². The lowest BCUT2D eigenvalue weighted by molar-refractivity contribution is -0.140. The quantitative estimate of drug-likeness (QED) is 0.444. The molecular formula is C9H20N2O5S. The highest BCUT2D eigenvalue weighted by Crippen LogP contribution is 2.00. The van der Waals surface area contributed by atoms with E-state index < -0.39 is 16.2 Å². The van der Waals surface area contributed by atoms with E-state index in [-0.39, 0.29) is 19.5 Å². The SMILES string of the molecule is CCN(CCC(=O)OC)S(=O)(=O)NCCOC. The van der Waals surface area contributed by atoms with Gasteiger partial charge in [0.2, 0.25) is 0 Å². The van der Waals surface area contributed by atoms with E-state index in [4.69, 9.17) is 4.74 Å². The minimum Gasteiger partial charge on any atom is -0.469 e. The molecule has 0 aliphatic heterocycles. The zero-order chi connectivity index (χ0) is 13.3. The Morgan fingerprint density at radius 3 is 2.47 bits per heavy atom. The molecule has 0 unspecified atom stereocenters. The maximum atomic E-state index is 11.7. The van der Waals surface area contributed by atoms with Crippen LogP contribution < -0.4 is 4.72 Å². The van der Waals surface area contributed by atoms with Gasteiger partial charge in [-0.2, -0.15) is 17.4 Å². The number of carbonyl (C=O) groups excluding carboxylic acids is 1. The molecule has 0 aliphatic rings. The molecule has 0 radical (unpaired) electrons. The predicted octanol–water partition coefficient (Wildman–Crippen LogP) is -0.648. The minimum absolute atomic E-state index is 0.0372. The van der Waals surface area contributed by atoms with Crippen molar-refractivity contribution in [2.24, 2.45) is 0 Å². The maximum Gasteiger partial charge on any atom is 0.306 e. The molecule has 0 rings (SSSR count). The van der Waals surface area contributed by atoms with Gasteiger partial charge in [0.1, 0.15) is 0 Å². The van der Waals surface area contributed by atoms with Crippen LogP contribution >= 0.6 is 0 Å². The minimum atomic E-state index is -3.55. The van der Waals surface area contributed by atoms with Gasteiger partial charge in [-0.05, 0) is 0 Å². The Morgan fingerprint density at radius 2 is 2.00 bits per heavy atom. The largest absolute Gasteiger partial charge is 0.469 e. The fourth-order valence-electron chi connectivity index (χ4n) is 1.13. The lowest BCUT2D eigenvalue weighted by atomic mass is 10.4. The van der Waals surface area contributed by atoms with Gasteiger partial charge in [0.05, 0.1) is 20.1 Å². The van der Waals surface area contributed by atoms with E-state index in [2.05, 4.69) is 9.46 Å². The van der Waals surface area contributed by atoms with Crippen molar-refractivity contribution in [2.75, 3.05) is 40.5 Å². The molecule has 8 heteroatoms. The molecule has 1 N–H and O–H groups in total. The molecule has 0 saturated heterocycles. The molecule has 0 aromatic heterocycles. The molecule has 0 saturated carbocycles. The number of ether oxygens (including phenoxy) is 2. The molecule has 102 valence electrons. The molecule has 0 spiro atoms. The van der Waals surface area contributed by atoms with E-state index in [1.807, 2.05) is 0 Å². The highest BCUT2D eigenvalue weighted by molar-refractivity contribution is 7.87. The third kappa shape index (κ3) is 6.57. The molecule has 0 fully saturated rings. The van der Waals surface area contributed by atoms with Gasteiger partial charge < -0.3 is 9.47 Å². The number of carbonyl (C=O) groups is 1. The average molecular weight is 268 g/mol. The third-order valence-electron chi connectivity index (χ3n) is 2.08. The van der Waals surface area contributed by atoms with E-state index in [0.717, 1.165) is 0 Å². The first-order chi connectivity index (χ1) is 7.97. The monoisotopic (exact) mass is 268 g/mol. The van der Waals surface area contributed by atoms with E-state index >= 15 is 0 Å². The van der Waals surface area contributed by atoms with Crippen LogP contribution in [-0.4, -0.2) is 59.2 Å². The van der Waals surface area contributed by atoms with Crippen LogP contribution in [0.25, 0.3) is 0 Å². The lowest BCUT2D eigenvalue weighted by Crippen LogP contribution is -2.42. The molecule has 0 aliphatic carbocycles. The van der Waals surface area contributed by atoms with Crippen LogP contribution in [0, 0.1) is 0 Å². The standard InChI is InChI=1S/C9H20N2O5S/c1-4-11(7-5-9(12)16-3)17(13,14)10-6-8-15-2/h10H,4-8H2,1-3H3. The zero-order valence-electron chi connectivity index (χ0n) is 10.4. The van der Waals surface area contributed by atoms with Crippen LogP contribution in [0.1, 0.15) is 13.3 Å². The summed E-state index contributed by atoms with van der Waals surface area (Å²) in [6.07, 6.45) is 0.0372. The Bertz CT molecular complexity index is 317. The van der Waals surface area contributed by atoms with Gasteiger partial charge in [0, 0.05) is 26.7 Å². The molecule has 0 heterocycles. The summed E-state index contributed by atoms with van der Waals surface area (Å²) in [5, 5.41) is 0. The number of methoxy groups -OCH3 is 2. The summed E-state index contributed by atoms with van der Waals surface area (Å²) in [5.74, 6) is -0.435. The summed E-state index contributed by atoms with van der Waals surface area (Å²) in [6, 6.07) is 0. The maximum absolute atomic E-state index is 11.7. The van der Waals surface area contributed by atoms with Gasteiger partial charge >= 0.3 is 5.97 Å². The van der Waals surface area contributed by atoms with Crippen molar-refractivity contribution in [3.05, 3.63) is 0 Å². The summed E-state index contributed by atoms with van der Waals surface area (Å²) in [5.41, 5.74) is 0. The number of esters is 1. The third-order valence-corrected chi connectivity index (χ3v) is 3.77. The number of nitrogens with zero attached hydrogens (tertiary/aromatic N) is 1. The van der Waals surface area contributed by atoms with E-state index in [0.29, 0.717) is 13.2 Å². The van der Waals surface area contributed by atoms with E-state index in [1.54, 1.807) is 6.92 Å². The van der Waals surface area contributed by atoms with Crippen LogP contribution in [0.2, 0.25) is 0 Å². The molecule has 0 bridgehead atoms. The fraction of sp³-hybridized carbons (Fsp3) is 0.889. The number of hydrogen-bond donors (Lipinski definition) is 1. The molecule has 0 atom stereocenters. The second-order valence-electron chi connectivity index (χ2n) is 3.21. The highest BCUT2D eigenvalue weighted by atomic mass is 32.2. The fourth-order valence-corrected chi connectivity index (χ4v) is 2.33. The number of nitrogens with one attached hydrogen (secondary N) is 1. The topological polar surface area (TPSA) is 84.9 Å². The number of hydrogen-bond acceptors (Lipinski definition) is 5. The first kappa shape index (κ1) is 16.3. The van der Waals surface area contributed by atoms with Crippen molar-refractivity contribution in [3.63, 3.8) is 0 Å². The normalized spacial score (nSPS) is 11.8. The van der Waals surface area contributed by atoms with Crippen LogP contribution in [0.5, 0.6) is 0 Å². The van der Waals surface area contributed by atoms with Crippen molar-refractivity contribution < 1.29 is 22.7 Å². The molecule has 0 aromatic rings. The molecule has 0 aromatic carbocycles. The second-order valence-corrected chi connectivity index (χ2v) is 4.97. The van der Waals surface area contributed by atoms with Gasteiger partial charge in [0.25, 0.3) is 10.2 Å². The van der Waals surface area contributed by atoms with Gasteiger partial charge in [-0.3, -0.25) is 4.79 Å². The Balaban J connectivity index is 4.27. The first-order valence-corrected chi connectivity index (χ1v) is 6.72. The van der Waals surface area contributed by atoms with Crippen molar-refractivity contribution in [2.45, 2.75) is 13.3 Å². The Kier molecular flexibility index (Phi) is 8.05. The van der Waals surface area contributed by atoms with Crippen molar-refractivity contribution in [1.29, 1.82) is 0 Å². The summed E-state index contributed by atoms with van der Waals surface area (Å²) < 4.78 is 36.2. The van der Waals surface area contributed by atoms with E-state index in [1.165, 1.54) is 18.5 Å². The Morgan fingerprint density at radius 1 is 1.35 bits per heavy atom. The Labute approximate surface area is 102 Å². The smallest absolute Gasteiger partial charge is 0.306 e. The summed E-state index contributed by atoms with van der Waals surface area (Å²) in [7, 11) is -0.796. The number of rotatable bonds is 9. The van der Waals surface area contributed by atoms with Gasteiger partial charge in [-0.1, -0.05) is 6.92 Å². The Hall–Kier alpha value is -0.700. The van der Waals surface area contributed by atoms with Crippen LogP contribution in [0.15, 0.2) is 0 Å². The first-order valence-electron chi connectivity index (χ1n) is 5.28.